The molecular formula is C17H17F3N2O2. The van der Waals surface area contributed by atoms with Gasteiger partial charge in [-0.05, 0) is 36.4 Å². The Morgan fingerprint density at radius 2 is 1.67 bits per heavy atom. The van der Waals surface area contributed by atoms with Gasteiger partial charge in [0, 0.05) is 5.69 Å². The van der Waals surface area contributed by atoms with Crippen molar-refractivity contribution >= 4 is 11.6 Å². The summed E-state index contributed by atoms with van der Waals surface area (Å²) in [5.41, 5.74) is -0.283. The van der Waals surface area contributed by atoms with Crippen LogP contribution in [0.15, 0.2) is 54.6 Å². The normalized spacial score (nSPS) is 11.0. The summed E-state index contributed by atoms with van der Waals surface area (Å²) in [7, 11) is 0. The number of carbonyl (C=O) groups is 1. The maximum Gasteiger partial charge on any atom is 0.416 e. The molecule has 7 heteroatoms. The molecule has 0 spiro atoms. The Hall–Kier alpha value is -2.70. The van der Waals surface area contributed by atoms with Crippen LogP contribution in [0.1, 0.15) is 5.56 Å². The largest absolute Gasteiger partial charge is 0.492 e. The van der Waals surface area contributed by atoms with E-state index in [0.717, 1.165) is 17.9 Å². The number of halogens is 3. The SMILES string of the molecule is O=C(CNc1ccc(C(F)(F)F)cc1)NCCOc1ccccc1. The minimum absolute atomic E-state index is 0.0311. The number of carbonyl (C=O) groups excluding carboxylic acids is 1. The summed E-state index contributed by atoms with van der Waals surface area (Å²) in [4.78, 5) is 11.6. The zero-order chi connectivity index (χ0) is 17.4. The van der Waals surface area contributed by atoms with E-state index >= 15 is 0 Å². The number of alkyl halides is 3. The second kappa shape index (κ2) is 8.24. The predicted octanol–water partition coefficient (Wildman–Crippen LogP) is 3.31. The van der Waals surface area contributed by atoms with Gasteiger partial charge in [-0.1, -0.05) is 18.2 Å². The monoisotopic (exact) mass is 338 g/mol. The van der Waals surface area contributed by atoms with Crippen molar-refractivity contribution < 1.29 is 22.7 Å². The minimum Gasteiger partial charge on any atom is -0.492 e. The van der Waals surface area contributed by atoms with Crippen LogP contribution in [0.5, 0.6) is 5.75 Å². The fourth-order valence-corrected chi connectivity index (χ4v) is 1.90. The molecule has 2 aromatic carbocycles. The van der Waals surface area contributed by atoms with Crippen LogP contribution in [0, 0.1) is 0 Å². The molecule has 0 saturated carbocycles. The average Bonchev–Trinajstić information content (AvgIpc) is 2.57. The fraction of sp³-hybridized carbons (Fsp3) is 0.235. The third-order valence-corrected chi connectivity index (χ3v) is 3.10. The standard InChI is InChI=1S/C17H17F3N2O2/c18-17(19,20)13-6-8-14(9-7-13)22-12-16(23)21-10-11-24-15-4-2-1-3-5-15/h1-9,22H,10-12H2,(H,21,23). The number of hydrogen-bond donors (Lipinski definition) is 2. The van der Waals surface area contributed by atoms with Gasteiger partial charge in [0.25, 0.3) is 0 Å². The first-order chi connectivity index (χ1) is 11.4. The molecule has 128 valence electrons. The summed E-state index contributed by atoms with van der Waals surface area (Å²) in [5, 5.41) is 5.41. The van der Waals surface area contributed by atoms with Crippen LogP contribution >= 0.6 is 0 Å². The predicted molar refractivity (Wildman–Crippen MR) is 84.9 cm³/mol. The van der Waals surface area contributed by atoms with Gasteiger partial charge >= 0.3 is 6.18 Å². The van der Waals surface area contributed by atoms with Crippen molar-refractivity contribution in [2.45, 2.75) is 6.18 Å². The highest BCUT2D eigenvalue weighted by atomic mass is 19.4. The van der Waals surface area contributed by atoms with E-state index in [1.807, 2.05) is 30.3 Å². The zero-order valence-electron chi connectivity index (χ0n) is 12.8. The fourth-order valence-electron chi connectivity index (χ4n) is 1.90. The van der Waals surface area contributed by atoms with Gasteiger partial charge in [0.15, 0.2) is 0 Å². The van der Waals surface area contributed by atoms with Crippen molar-refractivity contribution in [2.75, 3.05) is 25.0 Å². The number of anilines is 1. The van der Waals surface area contributed by atoms with Crippen molar-refractivity contribution in [3.63, 3.8) is 0 Å². The van der Waals surface area contributed by atoms with E-state index in [-0.39, 0.29) is 12.5 Å². The maximum atomic E-state index is 12.4. The van der Waals surface area contributed by atoms with Crippen molar-refractivity contribution in [2.24, 2.45) is 0 Å². The Kier molecular flexibility index (Phi) is 6.06. The van der Waals surface area contributed by atoms with Crippen LogP contribution in [0.2, 0.25) is 0 Å². The summed E-state index contributed by atoms with van der Waals surface area (Å²) in [6.07, 6.45) is -4.37. The second-order valence-corrected chi connectivity index (χ2v) is 4.94. The number of para-hydroxylation sites is 1. The quantitative estimate of drug-likeness (QED) is 0.762. The Labute approximate surface area is 137 Å². The van der Waals surface area contributed by atoms with E-state index in [2.05, 4.69) is 10.6 Å². The number of hydrogen-bond acceptors (Lipinski definition) is 3. The lowest BCUT2D eigenvalue weighted by atomic mass is 10.2. The van der Waals surface area contributed by atoms with Gasteiger partial charge in [0.2, 0.25) is 5.91 Å². The maximum absolute atomic E-state index is 12.4. The van der Waals surface area contributed by atoms with E-state index in [9.17, 15) is 18.0 Å². The summed E-state index contributed by atoms with van der Waals surface area (Å²) in [6, 6.07) is 13.7. The Morgan fingerprint density at radius 3 is 2.29 bits per heavy atom. The van der Waals surface area contributed by atoms with Crippen molar-refractivity contribution in [3.8, 4) is 5.75 Å². The van der Waals surface area contributed by atoms with E-state index in [0.29, 0.717) is 18.8 Å². The molecule has 2 N–H and O–H groups in total. The second-order valence-electron chi connectivity index (χ2n) is 4.94. The molecule has 0 atom stereocenters. The number of rotatable bonds is 7. The van der Waals surface area contributed by atoms with Gasteiger partial charge in [0.05, 0.1) is 18.7 Å². The summed E-state index contributed by atoms with van der Waals surface area (Å²) >= 11 is 0. The smallest absolute Gasteiger partial charge is 0.416 e. The molecule has 0 fully saturated rings. The summed E-state index contributed by atoms with van der Waals surface area (Å²) < 4.78 is 42.7. The molecule has 0 unspecified atom stereocenters. The Balaban J connectivity index is 1.66. The number of benzene rings is 2. The van der Waals surface area contributed by atoms with Crippen LogP contribution in [-0.2, 0) is 11.0 Å². The topological polar surface area (TPSA) is 50.4 Å². The highest BCUT2D eigenvalue weighted by Crippen LogP contribution is 2.29. The van der Waals surface area contributed by atoms with Gasteiger partial charge in [-0.25, -0.2) is 0 Å². The molecule has 0 bridgehead atoms. The number of nitrogens with one attached hydrogen (secondary N) is 2. The van der Waals surface area contributed by atoms with E-state index in [1.165, 1.54) is 12.1 Å². The minimum atomic E-state index is -4.37. The molecule has 0 aliphatic heterocycles. The van der Waals surface area contributed by atoms with Gasteiger partial charge in [-0.2, -0.15) is 13.2 Å². The van der Waals surface area contributed by atoms with E-state index in [4.69, 9.17) is 4.74 Å². The lowest BCUT2D eigenvalue weighted by Crippen LogP contribution is -2.33. The van der Waals surface area contributed by atoms with Gasteiger partial charge in [-0.15, -0.1) is 0 Å². The van der Waals surface area contributed by atoms with Crippen LogP contribution in [0.3, 0.4) is 0 Å². The first kappa shape index (κ1) is 17.7. The van der Waals surface area contributed by atoms with Crippen molar-refractivity contribution in [1.29, 1.82) is 0 Å². The van der Waals surface area contributed by atoms with E-state index in [1.54, 1.807) is 0 Å². The highest BCUT2D eigenvalue weighted by Gasteiger charge is 2.29. The summed E-state index contributed by atoms with van der Waals surface area (Å²) in [6.45, 7) is 0.634. The third-order valence-electron chi connectivity index (χ3n) is 3.10. The molecule has 0 aliphatic carbocycles. The number of ether oxygens (including phenoxy) is 1. The van der Waals surface area contributed by atoms with Crippen LogP contribution in [0.4, 0.5) is 18.9 Å². The summed E-state index contributed by atoms with van der Waals surface area (Å²) in [5.74, 6) is 0.446. The van der Waals surface area contributed by atoms with E-state index < -0.39 is 11.7 Å². The molecular weight excluding hydrogens is 321 g/mol. The van der Waals surface area contributed by atoms with Crippen molar-refractivity contribution in [1.82, 2.24) is 5.32 Å². The van der Waals surface area contributed by atoms with Crippen LogP contribution < -0.4 is 15.4 Å². The molecule has 2 rings (SSSR count). The lowest BCUT2D eigenvalue weighted by Gasteiger charge is -2.10. The van der Waals surface area contributed by atoms with Gasteiger partial charge in [-0.3, -0.25) is 4.79 Å². The van der Waals surface area contributed by atoms with Crippen molar-refractivity contribution in [3.05, 3.63) is 60.2 Å². The number of amides is 1. The molecule has 0 aliphatic rings. The first-order valence-electron chi connectivity index (χ1n) is 7.31. The molecule has 4 nitrogen and oxygen atoms in total. The zero-order valence-corrected chi connectivity index (χ0v) is 12.8. The van der Waals surface area contributed by atoms with Gasteiger partial charge in [0.1, 0.15) is 12.4 Å². The molecule has 1 amide bonds. The molecule has 0 heterocycles. The first-order valence-corrected chi connectivity index (χ1v) is 7.31. The molecule has 0 saturated heterocycles. The van der Waals surface area contributed by atoms with Crippen LogP contribution in [-0.4, -0.2) is 25.6 Å². The Bertz CT molecular complexity index is 643. The lowest BCUT2D eigenvalue weighted by molar-refractivity contribution is -0.137. The third kappa shape index (κ3) is 5.83. The molecule has 24 heavy (non-hydrogen) atoms. The van der Waals surface area contributed by atoms with Crippen LogP contribution in [0.25, 0.3) is 0 Å². The average molecular weight is 338 g/mol. The molecule has 2 aromatic rings. The highest BCUT2D eigenvalue weighted by molar-refractivity contribution is 5.80. The van der Waals surface area contributed by atoms with Gasteiger partial charge < -0.3 is 15.4 Å². The molecule has 0 radical (unpaired) electrons. The molecule has 0 aromatic heterocycles. The Morgan fingerprint density at radius 1 is 1.00 bits per heavy atom.